The van der Waals surface area contributed by atoms with Crippen LogP contribution in [0.2, 0.25) is 5.02 Å². The number of hydrogen-bond acceptors (Lipinski definition) is 4. The Balaban J connectivity index is 0.00000341. The fourth-order valence-electron chi connectivity index (χ4n) is 3.10. The summed E-state index contributed by atoms with van der Waals surface area (Å²) in [7, 11) is 3.25. The fourth-order valence-corrected chi connectivity index (χ4v) is 3.23. The largest absolute Gasteiger partial charge is 0.493 e. The summed E-state index contributed by atoms with van der Waals surface area (Å²) in [6.45, 7) is 1.11. The predicted octanol–water partition coefficient (Wildman–Crippen LogP) is 3.91. The van der Waals surface area contributed by atoms with E-state index in [0.717, 1.165) is 17.5 Å². The molecule has 166 valence electrons. The average molecular weight is 556 g/mol. The molecule has 3 aromatic rings. The molecule has 0 aliphatic carbocycles. The third kappa shape index (κ3) is 7.03. The van der Waals surface area contributed by atoms with Gasteiger partial charge in [-0.2, -0.15) is 5.10 Å². The van der Waals surface area contributed by atoms with E-state index in [1.165, 1.54) is 0 Å². The van der Waals surface area contributed by atoms with E-state index in [1.807, 2.05) is 59.4 Å². The van der Waals surface area contributed by atoms with Gasteiger partial charge in [0.2, 0.25) is 0 Å². The summed E-state index contributed by atoms with van der Waals surface area (Å²) < 4.78 is 12.5. The number of rotatable bonds is 9. The molecule has 0 aliphatic heterocycles. The Morgan fingerprint density at radius 3 is 2.55 bits per heavy atom. The van der Waals surface area contributed by atoms with E-state index in [1.54, 1.807) is 20.4 Å². The number of aliphatic imine (C=N–C) groups is 1. The Morgan fingerprint density at radius 1 is 1.16 bits per heavy atom. The van der Waals surface area contributed by atoms with Crippen LogP contribution in [0.1, 0.15) is 17.2 Å². The van der Waals surface area contributed by atoms with Crippen LogP contribution in [-0.4, -0.2) is 43.0 Å². The number of halogens is 2. The number of ether oxygens (including phenoxy) is 2. The first kappa shape index (κ1) is 24.8. The molecule has 1 atom stereocenters. The highest BCUT2D eigenvalue weighted by atomic mass is 127. The van der Waals surface area contributed by atoms with Crippen molar-refractivity contribution in [3.63, 3.8) is 0 Å². The highest BCUT2D eigenvalue weighted by Crippen LogP contribution is 2.27. The maximum absolute atomic E-state index is 6.09. The number of benzene rings is 2. The average Bonchev–Trinajstić information content (AvgIpc) is 3.29. The van der Waals surface area contributed by atoms with Gasteiger partial charge in [0, 0.05) is 24.0 Å². The topological polar surface area (TPSA) is 86.7 Å². The standard InChI is InChI=1S/C22H26ClN5O2.HI/c1-29-20-9-4-16(14-21(20)30-2)10-12-25-22(24)26-15-19(28-13-3-11-27-28)17-5-7-18(23)8-6-17;/h3-9,11,13-14,19H,10,12,15H2,1-2H3,(H3,24,25,26);1H. The Labute approximate surface area is 204 Å². The van der Waals surface area contributed by atoms with E-state index in [4.69, 9.17) is 26.8 Å². The number of nitrogens with zero attached hydrogens (tertiary/aromatic N) is 3. The van der Waals surface area contributed by atoms with Gasteiger partial charge in [-0.05, 0) is 47.9 Å². The van der Waals surface area contributed by atoms with Gasteiger partial charge >= 0.3 is 0 Å². The van der Waals surface area contributed by atoms with Crippen LogP contribution in [0.5, 0.6) is 11.5 Å². The van der Waals surface area contributed by atoms with Crippen LogP contribution in [0.15, 0.2) is 65.9 Å². The molecular formula is C22H27ClIN5O2. The molecule has 0 saturated carbocycles. The summed E-state index contributed by atoms with van der Waals surface area (Å²) in [6, 6.07) is 15.4. The normalized spacial score (nSPS) is 12.0. The molecule has 0 spiro atoms. The lowest BCUT2D eigenvalue weighted by Gasteiger charge is -2.17. The van der Waals surface area contributed by atoms with Crippen LogP contribution >= 0.6 is 35.6 Å². The molecule has 0 aliphatic rings. The molecule has 0 radical (unpaired) electrons. The van der Waals surface area contributed by atoms with E-state index < -0.39 is 0 Å². The van der Waals surface area contributed by atoms with Crippen molar-refractivity contribution in [2.45, 2.75) is 12.5 Å². The van der Waals surface area contributed by atoms with Gasteiger partial charge in [-0.3, -0.25) is 9.67 Å². The molecule has 3 N–H and O–H groups in total. The van der Waals surface area contributed by atoms with Gasteiger partial charge in [0.1, 0.15) is 0 Å². The minimum Gasteiger partial charge on any atom is -0.493 e. The minimum absolute atomic E-state index is 0. The highest BCUT2D eigenvalue weighted by molar-refractivity contribution is 14.0. The summed E-state index contributed by atoms with van der Waals surface area (Å²) in [5.74, 6) is 1.81. The second-order valence-corrected chi connectivity index (χ2v) is 7.08. The van der Waals surface area contributed by atoms with Gasteiger partial charge in [0.15, 0.2) is 17.5 Å². The Morgan fingerprint density at radius 2 is 1.90 bits per heavy atom. The summed E-state index contributed by atoms with van der Waals surface area (Å²) in [5.41, 5.74) is 8.26. The first-order chi connectivity index (χ1) is 14.6. The van der Waals surface area contributed by atoms with Crippen molar-refractivity contribution in [1.82, 2.24) is 15.1 Å². The van der Waals surface area contributed by atoms with Crippen LogP contribution in [0.25, 0.3) is 0 Å². The second-order valence-electron chi connectivity index (χ2n) is 6.65. The lowest BCUT2D eigenvalue weighted by atomic mass is 10.1. The predicted molar refractivity (Wildman–Crippen MR) is 135 cm³/mol. The van der Waals surface area contributed by atoms with Crippen LogP contribution in [-0.2, 0) is 6.42 Å². The molecule has 2 aromatic carbocycles. The molecule has 0 fully saturated rings. The number of nitrogens with one attached hydrogen (secondary N) is 1. The quantitative estimate of drug-likeness (QED) is 0.238. The molecular weight excluding hydrogens is 529 g/mol. The van der Waals surface area contributed by atoms with Crippen LogP contribution < -0.4 is 20.5 Å². The number of nitrogens with two attached hydrogens (primary N) is 1. The van der Waals surface area contributed by atoms with Crippen LogP contribution in [0.3, 0.4) is 0 Å². The molecule has 1 heterocycles. The molecule has 1 aromatic heterocycles. The van der Waals surface area contributed by atoms with Gasteiger partial charge in [-0.25, -0.2) is 0 Å². The van der Waals surface area contributed by atoms with Crippen molar-refractivity contribution in [2.75, 3.05) is 27.3 Å². The van der Waals surface area contributed by atoms with Crippen molar-refractivity contribution in [3.05, 3.63) is 77.1 Å². The third-order valence-corrected chi connectivity index (χ3v) is 4.95. The van der Waals surface area contributed by atoms with Crippen molar-refractivity contribution in [2.24, 2.45) is 10.7 Å². The summed E-state index contributed by atoms with van der Waals surface area (Å²) in [6.07, 6.45) is 4.43. The van der Waals surface area contributed by atoms with Crippen molar-refractivity contribution in [1.29, 1.82) is 0 Å². The molecule has 9 heteroatoms. The fraction of sp³-hybridized carbons (Fsp3) is 0.273. The van der Waals surface area contributed by atoms with Gasteiger partial charge in [-0.1, -0.05) is 29.8 Å². The Bertz CT molecular complexity index is 965. The molecule has 0 amide bonds. The van der Waals surface area contributed by atoms with Crippen molar-refractivity contribution in [3.8, 4) is 11.5 Å². The smallest absolute Gasteiger partial charge is 0.188 e. The van der Waals surface area contributed by atoms with Gasteiger partial charge < -0.3 is 20.5 Å². The van der Waals surface area contributed by atoms with E-state index in [-0.39, 0.29) is 30.0 Å². The zero-order chi connectivity index (χ0) is 21.3. The van der Waals surface area contributed by atoms with Gasteiger partial charge in [0.05, 0.1) is 26.8 Å². The first-order valence-corrected chi connectivity index (χ1v) is 9.97. The van der Waals surface area contributed by atoms with E-state index in [2.05, 4.69) is 15.4 Å². The second kappa shape index (κ2) is 12.4. The van der Waals surface area contributed by atoms with Gasteiger partial charge in [-0.15, -0.1) is 24.0 Å². The summed E-state index contributed by atoms with van der Waals surface area (Å²) >= 11 is 6.02. The van der Waals surface area contributed by atoms with Gasteiger partial charge in [0.25, 0.3) is 0 Å². The SMILES string of the molecule is COc1ccc(CCNC(N)=NCC(c2ccc(Cl)cc2)n2cccn2)cc1OC.I. The van der Waals surface area contributed by atoms with Crippen LogP contribution in [0, 0.1) is 0 Å². The third-order valence-electron chi connectivity index (χ3n) is 4.70. The maximum Gasteiger partial charge on any atom is 0.188 e. The first-order valence-electron chi connectivity index (χ1n) is 9.60. The lowest BCUT2D eigenvalue weighted by Crippen LogP contribution is -2.34. The highest BCUT2D eigenvalue weighted by Gasteiger charge is 2.14. The van der Waals surface area contributed by atoms with E-state index in [0.29, 0.717) is 35.6 Å². The Hall–Kier alpha value is -2.46. The van der Waals surface area contributed by atoms with E-state index in [9.17, 15) is 0 Å². The molecule has 7 nitrogen and oxygen atoms in total. The van der Waals surface area contributed by atoms with Crippen LogP contribution in [0.4, 0.5) is 0 Å². The number of guanidine groups is 1. The minimum atomic E-state index is -0.0662. The summed E-state index contributed by atoms with van der Waals surface area (Å²) in [5, 5.41) is 8.21. The number of methoxy groups -OCH3 is 2. The number of hydrogen-bond donors (Lipinski definition) is 2. The number of aromatic nitrogens is 2. The zero-order valence-electron chi connectivity index (χ0n) is 17.5. The lowest BCUT2D eigenvalue weighted by molar-refractivity contribution is 0.354. The Kier molecular flexibility index (Phi) is 9.93. The van der Waals surface area contributed by atoms with Crippen molar-refractivity contribution < 1.29 is 9.47 Å². The molecule has 3 rings (SSSR count). The van der Waals surface area contributed by atoms with Crippen molar-refractivity contribution >= 4 is 41.5 Å². The van der Waals surface area contributed by atoms with E-state index >= 15 is 0 Å². The molecule has 1 unspecified atom stereocenters. The zero-order valence-corrected chi connectivity index (χ0v) is 20.6. The molecule has 0 bridgehead atoms. The maximum atomic E-state index is 6.09. The summed E-state index contributed by atoms with van der Waals surface area (Å²) in [4.78, 5) is 4.52. The molecule has 31 heavy (non-hydrogen) atoms. The monoisotopic (exact) mass is 555 g/mol. The molecule has 0 saturated heterocycles.